The summed E-state index contributed by atoms with van der Waals surface area (Å²) in [4.78, 5) is 27.4. The van der Waals surface area contributed by atoms with Gasteiger partial charge >= 0.3 is 6.16 Å². The van der Waals surface area contributed by atoms with Crippen LogP contribution in [-0.2, 0) is 14.3 Å². The lowest BCUT2D eigenvalue weighted by molar-refractivity contribution is -0.125. The smallest absolute Gasteiger partial charge is 0.449 e. The van der Waals surface area contributed by atoms with E-state index in [4.69, 9.17) is 14.2 Å². The molecule has 2 fully saturated rings. The molecule has 1 amide bonds. The molecule has 4 rings (SSSR count). The van der Waals surface area contributed by atoms with E-state index in [1.807, 2.05) is 36.4 Å². The lowest BCUT2D eigenvalue weighted by Crippen LogP contribution is -2.42. The first-order chi connectivity index (χ1) is 15.0. The number of carbonyl (C=O) groups is 2. The van der Waals surface area contributed by atoms with E-state index in [-0.39, 0.29) is 23.4 Å². The van der Waals surface area contributed by atoms with Crippen molar-refractivity contribution < 1.29 is 28.9 Å². The zero-order valence-electron chi connectivity index (χ0n) is 17.5. The van der Waals surface area contributed by atoms with Gasteiger partial charge in [-0.1, -0.05) is 48.6 Å². The van der Waals surface area contributed by atoms with E-state index < -0.39 is 12.4 Å². The number of hydrogen-bond donors (Lipinski definition) is 1. The fraction of sp³-hybridized carbons (Fsp3) is 0.478. The normalized spacial score (nSPS) is 21.7. The summed E-state index contributed by atoms with van der Waals surface area (Å²) in [5.41, 5.74) is 1.38. The summed E-state index contributed by atoms with van der Waals surface area (Å²) in [6, 6.07) is 11.5. The highest BCUT2D eigenvalue weighted by Crippen LogP contribution is 2.44. The summed E-state index contributed by atoms with van der Waals surface area (Å²) in [6.07, 6.45) is 1.73. The SMILES string of the molecule is CC1CCC(C(=O)N(CC2OCCO2)c2cc(-c3ccccc3)sc2OC(=O)O)CC1. The van der Waals surface area contributed by atoms with Crippen LogP contribution in [-0.4, -0.2) is 43.2 Å². The van der Waals surface area contributed by atoms with Crippen molar-refractivity contribution in [1.82, 2.24) is 0 Å². The molecule has 1 saturated heterocycles. The second-order valence-corrected chi connectivity index (χ2v) is 9.11. The van der Waals surface area contributed by atoms with Gasteiger partial charge in [0, 0.05) is 10.8 Å². The van der Waals surface area contributed by atoms with Crippen LogP contribution >= 0.6 is 11.3 Å². The van der Waals surface area contributed by atoms with Crippen LogP contribution in [0.1, 0.15) is 32.6 Å². The molecule has 0 spiro atoms. The molecule has 1 aliphatic carbocycles. The molecule has 7 nitrogen and oxygen atoms in total. The minimum absolute atomic E-state index is 0.0290. The number of benzene rings is 1. The van der Waals surface area contributed by atoms with Crippen molar-refractivity contribution in [2.75, 3.05) is 24.7 Å². The van der Waals surface area contributed by atoms with Gasteiger partial charge in [-0.25, -0.2) is 4.79 Å². The van der Waals surface area contributed by atoms with E-state index in [2.05, 4.69) is 6.92 Å². The summed E-state index contributed by atoms with van der Waals surface area (Å²) in [5, 5.41) is 9.47. The van der Waals surface area contributed by atoms with Gasteiger partial charge in [-0.3, -0.25) is 4.79 Å². The lowest BCUT2D eigenvalue weighted by Gasteiger charge is -2.32. The van der Waals surface area contributed by atoms with Crippen LogP contribution in [0.4, 0.5) is 10.5 Å². The Bertz CT molecular complexity index is 900. The maximum Gasteiger partial charge on any atom is 0.512 e. The Morgan fingerprint density at radius 2 is 1.81 bits per heavy atom. The van der Waals surface area contributed by atoms with E-state index in [9.17, 15) is 14.7 Å². The predicted molar refractivity (Wildman–Crippen MR) is 118 cm³/mol. The maximum atomic E-state index is 13.6. The molecular weight excluding hydrogens is 418 g/mol. The topological polar surface area (TPSA) is 85.3 Å². The first-order valence-corrected chi connectivity index (χ1v) is 11.5. The van der Waals surface area contributed by atoms with Gasteiger partial charge in [0.2, 0.25) is 11.0 Å². The summed E-state index contributed by atoms with van der Waals surface area (Å²) in [6.45, 7) is 3.37. The van der Waals surface area contributed by atoms with E-state index in [1.165, 1.54) is 11.3 Å². The molecule has 166 valence electrons. The van der Waals surface area contributed by atoms with Crippen molar-refractivity contribution in [2.45, 2.75) is 38.9 Å². The van der Waals surface area contributed by atoms with Crippen LogP contribution in [0, 0.1) is 11.8 Å². The third kappa shape index (κ3) is 5.26. The summed E-state index contributed by atoms with van der Waals surface area (Å²) in [7, 11) is 0. The van der Waals surface area contributed by atoms with Gasteiger partial charge in [-0.05, 0) is 43.2 Å². The molecule has 8 heteroatoms. The average Bonchev–Trinajstić information content (AvgIpc) is 3.42. The minimum atomic E-state index is -1.41. The van der Waals surface area contributed by atoms with Crippen LogP contribution in [0.25, 0.3) is 10.4 Å². The molecule has 0 radical (unpaired) electrons. The van der Waals surface area contributed by atoms with E-state index >= 15 is 0 Å². The van der Waals surface area contributed by atoms with Crippen molar-refractivity contribution in [3.63, 3.8) is 0 Å². The highest BCUT2D eigenvalue weighted by Gasteiger charge is 2.34. The van der Waals surface area contributed by atoms with Crippen molar-refractivity contribution >= 4 is 29.1 Å². The Hall–Kier alpha value is -2.42. The predicted octanol–water partition coefficient (Wildman–Crippen LogP) is 5.00. The number of amides is 1. The molecule has 2 heterocycles. The van der Waals surface area contributed by atoms with Gasteiger partial charge in [-0.2, -0.15) is 0 Å². The van der Waals surface area contributed by atoms with Crippen LogP contribution in [0.15, 0.2) is 36.4 Å². The fourth-order valence-electron chi connectivity index (χ4n) is 4.15. The zero-order chi connectivity index (χ0) is 21.8. The Morgan fingerprint density at radius 1 is 1.13 bits per heavy atom. The average molecular weight is 446 g/mol. The third-order valence-corrected chi connectivity index (χ3v) is 6.91. The van der Waals surface area contributed by atoms with Gasteiger partial charge < -0.3 is 24.2 Å². The molecular formula is C23H27NO6S. The standard InChI is InChI=1S/C23H27NO6S/c1-15-7-9-17(10-8-15)21(25)24(14-20-28-11-12-29-20)18-13-19(16-5-3-2-4-6-16)31-22(18)30-23(26)27/h2-6,13,15,17,20H,7-12,14H2,1H3,(H,26,27). The van der Waals surface area contributed by atoms with Crippen LogP contribution in [0.2, 0.25) is 0 Å². The second kappa shape index (κ2) is 9.80. The van der Waals surface area contributed by atoms with E-state index in [0.29, 0.717) is 24.8 Å². The molecule has 31 heavy (non-hydrogen) atoms. The lowest BCUT2D eigenvalue weighted by atomic mass is 9.82. The molecule has 0 unspecified atom stereocenters. The molecule has 1 N–H and O–H groups in total. The maximum absolute atomic E-state index is 13.6. The number of nitrogens with zero attached hydrogens (tertiary/aromatic N) is 1. The molecule has 2 aromatic rings. The van der Waals surface area contributed by atoms with Crippen LogP contribution < -0.4 is 9.64 Å². The third-order valence-electron chi connectivity index (χ3n) is 5.86. The molecule has 1 saturated carbocycles. The number of rotatable bonds is 6. The van der Waals surface area contributed by atoms with Crippen molar-refractivity contribution in [1.29, 1.82) is 0 Å². The highest BCUT2D eigenvalue weighted by molar-refractivity contribution is 7.18. The number of hydrogen-bond acceptors (Lipinski definition) is 6. The Morgan fingerprint density at radius 3 is 2.45 bits per heavy atom. The van der Waals surface area contributed by atoms with E-state index in [0.717, 1.165) is 36.1 Å². The quantitative estimate of drug-likeness (QED) is 0.630. The van der Waals surface area contributed by atoms with Gasteiger partial charge in [0.25, 0.3) is 0 Å². The Labute approximate surface area is 185 Å². The molecule has 0 atom stereocenters. The first-order valence-electron chi connectivity index (χ1n) is 10.7. The van der Waals surface area contributed by atoms with Crippen molar-refractivity contribution in [3.05, 3.63) is 36.4 Å². The molecule has 2 aliphatic rings. The number of carbonyl (C=O) groups excluding carboxylic acids is 1. The van der Waals surface area contributed by atoms with Gasteiger partial charge in [0.15, 0.2) is 6.29 Å². The number of carboxylic acid groups (broad SMARTS) is 1. The second-order valence-electron chi connectivity index (χ2n) is 8.09. The molecule has 1 aliphatic heterocycles. The van der Waals surface area contributed by atoms with E-state index in [1.54, 1.807) is 4.90 Å². The number of anilines is 1. The Balaban J connectivity index is 1.69. The summed E-state index contributed by atoms with van der Waals surface area (Å²) in [5.74, 6) is 0.491. The minimum Gasteiger partial charge on any atom is -0.449 e. The van der Waals surface area contributed by atoms with Gasteiger partial charge in [-0.15, -0.1) is 0 Å². The van der Waals surface area contributed by atoms with Crippen molar-refractivity contribution in [2.24, 2.45) is 11.8 Å². The van der Waals surface area contributed by atoms with Crippen LogP contribution in [0.5, 0.6) is 5.06 Å². The molecule has 0 bridgehead atoms. The number of thiophene rings is 1. The number of ether oxygens (including phenoxy) is 3. The summed E-state index contributed by atoms with van der Waals surface area (Å²) < 4.78 is 16.3. The first kappa shape index (κ1) is 21.8. The Kier molecular flexibility index (Phi) is 6.89. The highest BCUT2D eigenvalue weighted by atomic mass is 32.1. The summed E-state index contributed by atoms with van der Waals surface area (Å²) >= 11 is 1.21. The molecule has 1 aromatic heterocycles. The molecule has 1 aromatic carbocycles. The largest absolute Gasteiger partial charge is 0.512 e. The van der Waals surface area contributed by atoms with Crippen molar-refractivity contribution in [3.8, 4) is 15.5 Å². The monoisotopic (exact) mass is 445 g/mol. The van der Waals surface area contributed by atoms with Crippen LogP contribution in [0.3, 0.4) is 0 Å². The van der Waals surface area contributed by atoms with Gasteiger partial charge in [0.05, 0.1) is 25.4 Å². The van der Waals surface area contributed by atoms with Gasteiger partial charge in [0.1, 0.15) is 0 Å². The fourth-order valence-corrected chi connectivity index (χ4v) is 5.16. The zero-order valence-corrected chi connectivity index (χ0v) is 18.3.